The van der Waals surface area contributed by atoms with Gasteiger partial charge in [0, 0.05) is 35.9 Å². The van der Waals surface area contributed by atoms with E-state index in [2.05, 4.69) is 238 Å². The van der Waals surface area contributed by atoms with Crippen molar-refractivity contribution >= 4 is 53.2 Å². The summed E-state index contributed by atoms with van der Waals surface area (Å²) in [5, 5.41) is 6.45. The minimum absolute atomic E-state index is 0. The molecule has 7 aromatic carbocycles. The molecule has 63 heavy (non-hydrogen) atoms. The van der Waals surface area contributed by atoms with Gasteiger partial charge in [-0.1, -0.05) is 190 Å². The maximum absolute atomic E-state index is 9.75. The smallest absolute Gasteiger partial charge is 0.418 e. The van der Waals surface area contributed by atoms with Crippen LogP contribution < -0.4 is 25.7 Å². The molecule has 0 aromatic heterocycles. The molecule has 1 saturated carbocycles. The molecule has 7 aromatic rings. The molecule has 2 nitrogen and oxygen atoms in total. The number of rotatable bonds is 8. The molecule has 9 rings (SSSR count). The fourth-order valence-corrected chi connectivity index (χ4v) is 10.6. The molecule has 1 heterocycles. The number of anilines is 2. The van der Waals surface area contributed by atoms with Crippen LogP contribution in [0.5, 0.6) is 0 Å². The summed E-state index contributed by atoms with van der Waals surface area (Å²) in [6.07, 6.45) is 14.0. The summed E-state index contributed by atoms with van der Waals surface area (Å²) in [7, 11) is -6.90. The predicted molar refractivity (Wildman–Crippen MR) is 256 cm³/mol. The van der Waals surface area contributed by atoms with Crippen molar-refractivity contribution in [2.24, 2.45) is 0 Å². The van der Waals surface area contributed by atoms with Crippen molar-refractivity contribution in [3.05, 3.63) is 231 Å². The number of fused-ring (bicyclic) bond motifs is 1. The van der Waals surface area contributed by atoms with Crippen molar-refractivity contribution in [3.8, 4) is 0 Å². The molecule has 7 radical (unpaired) electrons. The Morgan fingerprint density at radius 3 is 1.41 bits per heavy atom. The van der Waals surface area contributed by atoms with Crippen molar-refractivity contribution in [3.63, 3.8) is 0 Å². The van der Waals surface area contributed by atoms with E-state index in [1.807, 2.05) is 0 Å². The Balaban J connectivity index is 0.000000409. The number of benzene rings is 7. The van der Waals surface area contributed by atoms with Crippen LogP contribution in [0.3, 0.4) is 0 Å². The van der Waals surface area contributed by atoms with Crippen LogP contribution >= 0.6 is 7.92 Å². The zero-order chi connectivity index (χ0) is 43.3. The van der Waals surface area contributed by atoms with Gasteiger partial charge in [0.15, 0.2) is 0 Å². The van der Waals surface area contributed by atoms with Crippen molar-refractivity contribution < 1.29 is 36.7 Å². The first kappa shape index (κ1) is 47.7. The molecule has 0 N–H and O–H groups in total. The second-order valence-electron chi connectivity index (χ2n) is 15.5. The maximum Gasteiger partial charge on any atom is 0.673 e. The molecule has 0 spiro atoms. The third-order valence-corrected chi connectivity index (χ3v) is 13.4. The molecule has 2 aliphatic rings. The van der Waals surface area contributed by atoms with E-state index in [0.29, 0.717) is 5.92 Å². The monoisotopic (exact) mass is 948 g/mol. The van der Waals surface area contributed by atoms with Crippen LogP contribution in [-0.2, 0) is 19.5 Å². The Bertz CT molecular complexity index is 2350. The third kappa shape index (κ3) is 12.5. The summed E-state index contributed by atoms with van der Waals surface area (Å²) < 4.78 is 39.0. The van der Waals surface area contributed by atoms with Gasteiger partial charge in [-0.25, -0.2) is 0 Å². The van der Waals surface area contributed by atoms with Gasteiger partial charge in [-0.05, 0) is 104 Å². The first-order chi connectivity index (χ1) is 30.2. The second-order valence-corrected chi connectivity index (χ2v) is 17.7. The van der Waals surface area contributed by atoms with Crippen molar-refractivity contribution in [1.29, 1.82) is 0 Å². The fourth-order valence-electron chi connectivity index (χ4n) is 8.19. The summed E-state index contributed by atoms with van der Waals surface area (Å²) in [6, 6.07) is 66.5. The number of hydrogen-bond donors (Lipinski definition) is 0. The average Bonchev–Trinajstić information content (AvgIpc) is 3.67. The summed E-state index contributed by atoms with van der Waals surface area (Å²) >= 11 is 0. The SMILES string of the molecule is CC(C)c1ccccc1N1[C]N(c2c(P(c3ccccc3)c3ccccc3)ccc3ccccc23)[C@@H](c2ccccc2)[C@@H]1c1ccccc1.F[B-](F)(F)F.[CH]1[CH]CC[CH][CH]CC1.[Rh]. The Kier molecular flexibility index (Phi) is 17.6. The average molecular weight is 949 g/mol. The standard InChI is InChI=1S/C46H39N2P.C8H12.BF4.Rh/c1-34(2)40-28-17-18-30-42(40)47-33-48(45(37-22-9-4-10-23-37)44(47)36-20-7-3-8-21-36)46-41-29-16-15-19-35(41)31-32-43(46)49(38-24-11-5-12-25-38)39-26-13-6-14-27-39;1-2-4-6-8-7-5-3-1;2-1(3,4)5;/h3-32,34,44-45H,1-2H3;1-2,7-8H,3-6H2;;/q;;-1;/t44-,45-;;;/m0.../s1. The molecule has 323 valence electrons. The largest absolute Gasteiger partial charge is 0.673 e. The Hall–Kier alpha value is -4.76. The van der Waals surface area contributed by atoms with Gasteiger partial charge < -0.3 is 27.1 Å². The van der Waals surface area contributed by atoms with Crippen LogP contribution in [0.25, 0.3) is 10.8 Å². The Morgan fingerprint density at radius 1 is 0.508 bits per heavy atom. The zero-order valence-electron chi connectivity index (χ0n) is 35.5. The van der Waals surface area contributed by atoms with Gasteiger partial charge in [0.1, 0.15) is 0 Å². The topological polar surface area (TPSA) is 6.48 Å². The minimum atomic E-state index is -6.00. The van der Waals surface area contributed by atoms with Crippen molar-refractivity contribution in [1.82, 2.24) is 0 Å². The van der Waals surface area contributed by atoms with Gasteiger partial charge in [0.2, 0.25) is 6.67 Å². The van der Waals surface area contributed by atoms with Crippen LogP contribution in [0.15, 0.2) is 182 Å². The van der Waals surface area contributed by atoms with E-state index >= 15 is 0 Å². The molecule has 0 bridgehead atoms. The summed E-state index contributed by atoms with van der Waals surface area (Å²) in [4.78, 5) is 4.92. The van der Waals surface area contributed by atoms with Gasteiger partial charge in [-0.3, -0.25) is 0 Å². The van der Waals surface area contributed by atoms with E-state index in [0.717, 1.165) is 0 Å². The minimum Gasteiger partial charge on any atom is -0.418 e. The molecule has 9 heteroatoms. The summed E-state index contributed by atoms with van der Waals surface area (Å²) in [5.74, 6) is 0.357. The third-order valence-electron chi connectivity index (χ3n) is 10.9. The number of halogens is 4. The zero-order valence-corrected chi connectivity index (χ0v) is 38.0. The number of para-hydroxylation sites is 1. The second kappa shape index (κ2) is 23.3. The molecule has 2 atom stereocenters. The van der Waals surface area contributed by atoms with E-state index in [-0.39, 0.29) is 31.6 Å². The van der Waals surface area contributed by atoms with E-state index in [4.69, 9.17) is 0 Å². The molecule has 1 saturated heterocycles. The van der Waals surface area contributed by atoms with E-state index in [1.54, 1.807) is 0 Å². The van der Waals surface area contributed by atoms with Crippen LogP contribution in [-0.4, -0.2) is 7.25 Å². The van der Waals surface area contributed by atoms with Gasteiger partial charge in [-0.2, -0.15) is 0 Å². The Morgan fingerprint density at radius 2 is 0.921 bits per heavy atom. The quantitative estimate of drug-likeness (QED) is 0.0851. The predicted octanol–water partition coefficient (Wildman–Crippen LogP) is 14.2. The molecule has 1 aliphatic heterocycles. The molecule has 0 amide bonds. The number of nitrogens with zero attached hydrogens (tertiary/aromatic N) is 2. The van der Waals surface area contributed by atoms with Crippen LogP contribution in [0, 0.1) is 32.4 Å². The maximum atomic E-state index is 9.75. The first-order valence-corrected chi connectivity index (χ1v) is 22.7. The fraction of sp³-hybridized carbons (Fsp3) is 0.167. The van der Waals surface area contributed by atoms with Crippen molar-refractivity contribution in [2.75, 3.05) is 9.80 Å². The van der Waals surface area contributed by atoms with Crippen LogP contribution in [0.4, 0.5) is 28.6 Å². The van der Waals surface area contributed by atoms with Gasteiger partial charge in [0.25, 0.3) is 0 Å². The van der Waals surface area contributed by atoms with Gasteiger partial charge in [0.05, 0.1) is 17.8 Å². The summed E-state index contributed by atoms with van der Waals surface area (Å²) in [5.41, 5.74) is 6.26. The van der Waals surface area contributed by atoms with Crippen molar-refractivity contribution in [2.45, 2.75) is 57.5 Å². The van der Waals surface area contributed by atoms with Gasteiger partial charge >= 0.3 is 7.25 Å². The molecule has 2 fully saturated rings. The molecular formula is C54H51BF4N2PRh-. The normalized spacial score (nSPS) is 16.6. The molecular weight excluding hydrogens is 897 g/mol. The first-order valence-electron chi connectivity index (χ1n) is 21.3. The van der Waals surface area contributed by atoms with Crippen LogP contribution in [0.1, 0.15) is 74.2 Å². The van der Waals surface area contributed by atoms with E-state index in [9.17, 15) is 17.3 Å². The number of hydrogen-bond acceptors (Lipinski definition) is 2. The van der Waals surface area contributed by atoms with E-state index in [1.165, 1.54) is 80.4 Å². The van der Waals surface area contributed by atoms with Crippen LogP contribution in [0.2, 0.25) is 0 Å². The van der Waals surface area contributed by atoms with Gasteiger partial charge in [-0.15, -0.1) is 0 Å². The molecule has 1 aliphatic carbocycles. The molecule has 0 unspecified atom stereocenters. The van der Waals surface area contributed by atoms with E-state index < -0.39 is 15.2 Å². The Labute approximate surface area is 386 Å². The summed E-state index contributed by atoms with van der Waals surface area (Å²) in [6.45, 7) is 8.66.